The Bertz CT molecular complexity index is 274. The summed E-state index contributed by atoms with van der Waals surface area (Å²) in [6, 6.07) is 7.86. The van der Waals surface area contributed by atoms with E-state index in [-0.39, 0.29) is 5.38 Å². The molecule has 3 heteroatoms. The molecule has 0 saturated heterocycles. The van der Waals surface area contributed by atoms with Gasteiger partial charge >= 0.3 is 0 Å². The van der Waals surface area contributed by atoms with E-state index < -0.39 is 0 Å². The Kier molecular flexibility index (Phi) is 5.31. The van der Waals surface area contributed by atoms with Crippen LogP contribution in [0.4, 0.5) is 0 Å². The zero-order valence-electron chi connectivity index (χ0n) is 8.26. The molecule has 0 spiro atoms. The van der Waals surface area contributed by atoms with Gasteiger partial charge in [-0.3, -0.25) is 0 Å². The van der Waals surface area contributed by atoms with Crippen LogP contribution in [0.5, 0.6) is 0 Å². The highest BCUT2D eigenvalue weighted by Crippen LogP contribution is 2.14. The smallest absolute Gasteiger partial charge is 0.0450 e. The van der Waals surface area contributed by atoms with Crippen molar-refractivity contribution in [1.82, 2.24) is 5.32 Å². The van der Waals surface area contributed by atoms with Gasteiger partial charge in [-0.05, 0) is 31.5 Å². The summed E-state index contributed by atoms with van der Waals surface area (Å²) in [4.78, 5) is 0. The highest BCUT2D eigenvalue weighted by atomic mass is 35.5. The molecule has 0 fully saturated rings. The number of rotatable bonds is 5. The van der Waals surface area contributed by atoms with Crippen LogP contribution in [0.2, 0.25) is 5.02 Å². The van der Waals surface area contributed by atoms with E-state index >= 15 is 0 Å². The SMILES string of the molecule is CC(Cl)CCNCc1ccccc1Cl. The van der Waals surface area contributed by atoms with Gasteiger partial charge in [-0.2, -0.15) is 0 Å². The van der Waals surface area contributed by atoms with Crippen LogP contribution in [-0.2, 0) is 6.54 Å². The molecule has 0 aliphatic rings. The molecule has 0 saturated carbocycles. The fourth-order valence-corrected chi connectivity index (χ4v) is 1.48. The fourth-order valence-electron chi connectivity index (χ4n) is 1.17. The maximum atomic E-state index is 6.00. The second-order valence-corrected chi connectivity index (χ2v) is 4.49. The van der Waals surface area contributed by atoms with Gasteiger partial charge < -0.3 is 5.32 Å². The van der Waals surface area contributed by atoms with Crippen LogP contribution < -0.4 is 5.32 Å². The molecule has 78 valence electrons. The molecular weight excluding hydrogens is 217 g/mol. The first kappa shape index (κ1) is 11.8. The summed E-state index contributed by atoms with van der Waals surface area (Å²) < 4.78 is 0. The van der Waals surface area contributed by atoms with Crippen molar-refractivity contribution in [1.29, 1.82) is 0 Å². The van der Waals surface area contributed by atoms with Gasteiger partial charge in [0.15, 0.2) is 0 Å². The first-order chi connectivity index (χ1) is 6.70. The molecule has 0 aromatic heterocycles. The molecule has 1 nitrogen and oxygen atoms in total. The number of nitrogens with one attached hydrogen (secondary N) is 1. The van der Waals surface area contributed by atoms with Crippen molar-refractivity contribution in [3.63, 3.8) is 0 Å². The van der Waals surface area contributed by atoms with E-state index in [2.05, 4.69) is 5.32 Å². The van der Waals surface area contributed by atoms with E-state index in [9.17, 15) is 0 Å². The topological polar surface area (TPSA) is 12.0 Å². The van der Waals surface area contributed by atoms with Gasteiger partial charge in [0.2, 0.25) is 0 Å². The summed E-state index contributed by atoms with van der Waals surface area (Å²) in [6.07, 6.45) is 0.978. The van der Waals surface area contributed by atoms with Gasteiger partial charge in [0.1, 0.15) is 0 Å². The predicted molar refractivity (Wildman–Crippen MR) is 63.1 cm³/mol. The van der Waals surface area contributed by atoms with E-state index in [0.29, 0.717) is 0 Å². The minimum absolute atomic E-state index is 0.230. The Hall–Kier alpha value is -0.240. The van der Waals surface area contributed by atoms with Crippen molar-refractivity contribution in [2.45, 2.75) is 25.3 Å². The molecular formula is C11H15Cl2N. The Morgan fingerprint density at radius 3 is 2.71 bits per heavy atom. The molecule has 1 aromatic rings. The zero-order chi connectivity index (χ0) is 10.4. The van der Waals surface area contributed by atoms with Crippen molar-refractivity contribution in [2.75, 3.05) is 6.54 Å². The number of halogens is 2. The lowest BCUT2D eigenvalue weighted by atomic mass is 10.2. The van der Waals surface area contributed by atoms with Gasteiger partial charge in [-0.1, -0.05) is 29.8 Å². The molecule has 1 rings (SSSR count). The summed E-state index contributed by atoms with van der Waals surface area (Å²) in [5, 5.41) is 4.35. The van der Waals surface area contributed by atoms with Gasteiger partial charge in [0, 0.05) is 16.9 Å². The molecule has 1 aromatic carbocycles. The van der Waals surface area contributed by atoms with E-state index in [0.717, 1.165) is 30.1 Å². The molecule has 1 N–H and O–H groups in total. The van der Waals surface area contributed by atoms with Gasteiger partial charge in [-0.25, -0.2) is 0 Å². The Morgan fingerprint density at radius 2 is 2.07 bits per heavy atom. The molecule has 0 amide bonds. The van der Waals surface area contributed by atoms with Crippen LogP contribution in [0.15, 0.2) is 24.3 Å². The first-order valence-corrected chi connectivity index (χ1v) is 5.60. The molecule has 0 aliphatic heterocycles. The van der Waals surface area contributed by atoms with Crippen molar-refractivity contribution < 1.29 is 0 Å². The lowest BCUT2D eigenvalue weighted by molar-refractivity contribution is 0.645. The molecule has 0 bridgehead atoms. The van der Waals surface area contributed by atoms with E-state index in [1.807, 2.05) is 31.2 Å². The lowest BCUT2D eigenvalue weighted by Gasteiger charge is -2.07. The Labute approximate surface area is 95.4 Å². The number of benzene rings is 1. The second-order valence-electron chi connectivity index (χ2n) is 3.34. The van der Waals surface area contributed by atoms with Crippen molar-refractivity contribution in [3.8, 4) is 0 Å². The summed E-state index contributed by atoms with van der Waals surface area (Å²) in [5.74, 6) is 0. The van der Waals surface area contributed by atoms with Crippen LogP contribution in [0.25, 0.3) is 0 Å². The molecule has 14 heavy (non-hydrogen) atoms. The van der Waals surface area contributed by atoms with Crippen LogP contribution >= 0.6 is 23.2 Å². The number of hydrogen-bond donors (Lipinski definition) is 1. The van der Waals surface area contributed by atoms with Gasteiger partial charge in [0.25, 0.3) is 0 Å². The van der Waals surface area contributed by atoms with Crippen molar-refractivity contribution in [2.24, 2.45) is 0 Å². The van der Waals surface area contributed by atoms with Crippen LogP contribution in [0.3, 0.4) is 0 Å². The van der Waals surface area contributed by atoms with Crippen LogP contribution in [-0.4, -0.2) is 11.9 Å². The number of alkyl halides is 1. The van der Waals surface area contributed by atoms with E-state index in [1.54, 1.807) is 0 Å². The third-order valence-electron chi connectivity index (χ3n) is 1.99. The fraction of sp³-hybridized carbons (Fsp3) is 0.455. The third kappa shape index (κ3) is 4.32. The minimum atomic E-state index is 0.230. The van der Waals surface area contributed by atoms with Gasteiger partial charge in [-0.15, -0.1) is 11.6 Å². The normalized spacial score (nSPS) is 12.8. The summed E-state index contributed by atoms with van der Waals surface area (Å²) in [5.41, 5.74) is 1.14. The zero-order valence-corrected chi connectivity index (χ0v) is 9.78. The molecule has 0 heterocycles. The molecule has 0 radical (unpaired) electrons. The number of hydrogen-bond acceptors (Lipinski definition) is 1. The van der Waals surface area contributed by atoms with Crippen molar-refractivity contribution >= 4 is 23.2 Å². The average molecular weight is 232 g/mol. The summed E-state index contributed by atoms with van der Waals surface area (Å²) in [7, 11) is 0. The van der Waals surface area contributed by atoms with Crippen LogP contribution in [0, 0.1) is 0 Å². The monoisotopic (exact) mass is 231 g/mol. The molecule has 1 atom stereocenters. The Balaban J connectivity index is 2.28. The quantitative estimate of drug-likeness (QED) is 0.605. The third-order valence-corrected chi connectivity index (χ3v) is 2.58. The van der Waals surface area contributed by atoms with Crippen LogP contribution in [0.1, 0.15) is 18.9 Å². The Morgan fingerprint density at radius 1 is 1.36 bits per heavy atom. The standard InChI is InChI=1S/C11H15Cl2N/c1-9(12)6-7-14-8-10-4-2-3-5-11(10)13/h2-5,9,14H,6-8H2,1H3. The largest absolute Gasteiger partial charge is 0.313 e. The van der Waals surface area contributed by atoms with E-state index in [1.165, 1.54) is 0 Å². The summed E-state index contributed by atoms with van der Waals surface area (Å²) in [6.45, 7) is 3.73. The summed E-state index contributed by atoms with van der Waals surface area (Å²) >= 11 is 11.8. The lowest BCUT2D eigenvalue weighted by Crippen LogP contribution is -2.17. The second kappa shape index (κ2) is 6.28. The van der Waals surface area contributed by atoms with Crippen molar-refractivity contribution in [3.05, 3.63) is 34.9 Å². The molecule has 1 unspecified atom stereocenters. The van der Waals surface area contributed by atoms with Gasteiger partial charge in [0.05, 0.1) is 0 Å². The average Bonchev–Trinajstić information content (AvgIpc) is 2.15. The first-order valence-electron chi connectivity index (χ1n) is 4.78. The highest BCUT2D eigenvalue weighted by molar-refractivity contribution is 6.31. The predicted octanol–water partition coefficient (Wildman–Crippen LogP) is 3.45. The molecule has 0 aliphatic carbocycles. The van der Waals surface area contributed by atoms with E-state index in [4.69, 9.17) is 23.2 Å². The maximum absolute atomic E-state index is 6.00. The highest BCUT2D eigenvalue weighted by Gasteiger charge is 1.99. The maximum Gasteiger partial charge on any atom is 0.0450 e. The minimum Gasteiger partial charge on any atom is -0.313 e.